The number of fused-ring (bicyclic) bond motifs is 1. The number of aliphatic hydroxyl groups is 1. The summed E-state index contributed by atoms with van der Waals surface area (Å²) in [4.78, 5) is 11.0. The van der Waals surface area contributed by atoms with Crippen LogP contribution in [0.4, 0.5) is 0 Å². The molecule has 84 valence electrons. The zero-order chi connectivity index (χ0) is 11.5. The van der Waals surface area contributed by atoms with E-state index in [1.54, 1.807) is 24.5 Å². The van der Waals surface area contributed by atoms with E-state index in [4.69, 9.17) is 4.42 Å². The second-order valence-corrected chi connectivity index (χ2v) is 3.51. The third kappa shape index (κ3) is 2.06. The van der Waals surface area contributed by atoms with Crippen molar-refractivity contribution >= 4 is 16.9 Å². The molecule has 0 radical (unpaired) electrons. The molecule has 0 aliphatic heterocycles. The highest BCUT2D eigenvalue weighted by Crippen LogP contribution is 2.23. The van der Waals surface area contributed by atoms with Gasteiger partial charge in [0.1, 0.15) is 5.58 Å². The Kier molecular flexibility index (Phi) is 2.92. The van der Waals surface area contributed by atoms with Crippen molar-refractivity contribution in [1.29, 1.82) is 0 Å². The molecule has 0 saturated heterocycles. The van der Waals surface area contributed by atoms with Crippen molar-refractivity contribution in [2.24, 2.45) is 0 Å². The monoisotopic (exact) mass is 220 g/mol. The second-order valence-electron chi connectivity index (χ2n) is 3.51. The fraction of sp³-hybridized carbons (Fsp3) is 0.250. The summed E-state index contributed by atoms with van der Waals surface area (Å²) in [5, 5.41) is 10.7. The molecule has 0 saturated carbocycles. The van der Waals surface area contributed by atoms with E-state index in [0.717, 1.165) is 11.0 Å². The van der Waals surface area contributed by atoms with Crippen molar-refractivity contribution in [2.45, 2.75) is 12.5 Å². The molecule has 0 aliphatic carbocycles. The van der Waals surface area contributed by atoms with Crippen molar-refractivity contribution in [3.8, 4) is 0 Å². The summed E-state index contributed by atoms with van der Waals surface area (Å²) < 4.78 is 9.68. The van der Waals surface area contributed by atoms with Crippen LogP contribution in [0, 0.1) is 0 Å². The molecule has 0 amide bonds. The van der Waals surface area contributed by atoms with E-state index in [1.165, 1.54) is 7.11 Å². The van der Waals surface area contributed by atoms with Gasteiger partial charge in [-0.2, -0.15) is 0 Å². The van der Waals surface area contributed by atoms with Gasteiger partial charge in [-0.15, -0.1) is 0 Å². The number of benzene rings is 1. The number of rotatable bonds is 3. The lowest BCUT2D eigenvalue weighted by molar-refractivity contribution is -0.142. The highest BCUT2D eigenvalue weighted by atomic mass is 16.5. The molecule has 0 fully saturated rings. The predicted molar refractivity (Wildman–Crippen MR) is 57.8 cm³/mol. The molecule has 1 N–H and O–H groups in total. The number of methoxy groups -OCH3 is 1. The minimum atomic E-state index is -0.841. The van der Waals surface area contributed by atoms with Crippen LogP contribution in [-0.2, 0) is 9.53 Å². The first-order valence-corrected chi connectivity index (χ1v) is 4.93. The molecule has 0 aliphatic rings. The normalized spacial score (nSPS) is 12.6. The Morgan fingerprint density at radius 3 is 3.06 bits per heavy atom. The Morgan fingerprint density at radius 2 is 2.31 bits per heavy atom. The lowest BCUT2D eigenvalue weighted by Crippen LogP contribution is -2.07. The third-order valence-corrected chi connectivity index (χ3v) is 2.45. The van der Waals surface area contributed by atoms with Crippen LogP contribution >= 0.6 is 0 Å². The Labute approximate surface area is 92.4 Å². The number of furan rings is 1. The number of hydrogen-bond acceptors (Lipinski definition) is 4. The van der Waals surface area contributed by atoms with E-state index in [-0.39, 0.29) is 6.42 Å². The number of ether oxygens (including phenoxy) is 1. The molecule has 1 heterocycles. The summed E-state index contributed by atoms with van der Waals surface area (Å²) in [5.41, 5.74) is 1.44. The molecular formula is C12H12O4. The van der Waals surface area contributed by atoms with Gasteiger partial charge in [0.05, 0.1) is 25.9 Å². The highest BCUT2D eigenvalue weighted by molar-refractivity contribution is 5.78. The lowest BCUT2D eigenvalue weighted by atomic mass is 10.1. The third-order valence-electron chi connectivity index (χ3n) is 2.45. The van der Waals surface area contributed by atoms with Crippen LogP contribution < -0.4 is 0 Å². The molecule has 4 heteroatoms. The number of aliphatic hydroxyl groups excluding tert-OH is 1. The average Bonchev–Trinajstić information content (AvgIpc) is 2.75. The van der Waals surface area contributed by atoms with Gasteiger partial charge >= 0.3 is 5.97 Å². The first-order valence-electron chi connectivity index (χ1n) is 4.93. The molecule has 16 heavy (non-hydrogen) atoms. The number of carbonyl (C=O) groups excluding carboxylic acids is 1. The first kappa shape index (κ1) is 10.7. The van der Waals surface area contributed by atoms with Gasteiger partial charge in [-0.05, 0) is 23.8 Å². The summed E-state index contributed by atoms with van der Waals surface area (Å²) in [7, 11) is 1.30. The molecule has 0 spiro atoms. The summed E-state index contributed by atoms with van der Waals surface area (Å²) in [5.74, 6) is -0.431. The van der Waals surface area contributed by atoms with Crippen LogP contribution in [0.1, 0.15) is 18.1 Å². The van der Waals surface area contributed by atoms with Gasteiger partial charge in [-0.1, -0.05) is 6.07 Å². The van der Waals surface area contributed by atoms with Gasteiger partial charge in [0.2, 0.25) is 0 Å². The van der Waals surface area contributed by atoms with E-state index in [9.17, 15) is 9.90 Å². The lowest BCUT2D eigenvalue weighted by Gasteiger charge is -2.09. The summed E-state index contributed by atoms with van der Waals surface area (Å²) in [6.07, 6.45) is 0.702. The largest absolute Gasteiger partial charge is 0.469 e. The summed E-state index contributed by atoms with van der Waals surface area (Å²) in [6.45, 7) is 0. The number of carbonyl (C=O) groups is 1. The van der Waals surface area contributed by atoms with E-state index >= 15 is 0 Å². The molecule has 2 aromatic rings. The second kappa shape index (κ2) is 4.37. The SMILES string of the molecule is COC(=O)C[C@@H](O)c1ccc2occc2c1. The van der Waals surface area contributed by atoms with Gasteiger partial charge in [0.15, 0.2) is 0 Å². The topological polar surface area (TPSA) is 59.7 Å². The molecule has 1 aromatic carbocycles. The van der Waals surface area contributed by atoms with Crippen molar-refractivity contribution < 1.29 is 19.1 Å². The fourth-order valence-electron chi connectivity index (χ4n) is 1.55. The first-order chi connectivity index (χ1) is 7.70. The van der Waals surface area contributed by atoms with Crippen LogP contribution in [0.3, 0.4) is 0 Å². The maximum absolute atomic E-state index is 11.0. The van der Waals surface area contributed by atoms with Gasteiger partial charge in [-0.25, -0.2) is 0 Å². The maximum atomic E-state index is 11.0. The van der Waals surface area contributed by atoms with Crippen molar-refractivity contribution in [1.82, 2.24) is 0 Å². The van der Waals surface area contributed by atoms with Gasteiger partial charge < -0.3 is 14.3 Å². The molecule has 0 bridgehead atoms. The minimum Gasteiger partial charge on any atom is -0.469 e. The van der Waals surface area contributed by atoms with Crippen LogP contribution in [0.5, 0.6) is 0 Å². The zero-order valence-electron chi connectivity index (χ0n) is 8.84. The van der Waals surface area contributed by atoms with Crippen LogP contribution in [-0.4, -0.2) is 18.2 Å². The quantitative estimate of drug-likeness (QED) is 0.804. The summed E-state index contributed by atoms with van der Waals surface area (Å²) in [6, 6.07) is 7.11. The van der Waals surface area contributed by atoms with E-state index in [0.29, 0.717) is 5.56 Å². The van der Waals surface area contributed by atoms with Crippen LogP contribution in [0.15, 0.2) is 34.9 Å². The average molecular weight is 220 g/mol. The van der Waals surface area contributed by atoms with E-state index in [2.05, 4.69) is 4.74 Å². The summed E-state index contributed by atoms with van der Waals surface area (Å²) >= 11 is 0. The molecule has 4 nitrogen and oxygen atoms in total. The van der Waals surface area contributed by atoms with Gasteiger partial charge in [0.25, 0.3) is 0 Å². The molecule has 2 rings (SSSR count). The van der Waals surface area contributed by atoms with E-state index in [1.807, 2.05) is 6.07 Å². The number of hydrogen-bond donors (Lipinski definition) is 1. The van der Waals surface area contributed by atoms with E-state index < -0.39 is 12.1 Å². The van der Waals surface area contributed by atoms with Crippen molar-refractivity contribution in [3.05, 3.63) is 36.1 Å². The van der Waals surface area contributed by atoms with Gasteiger partial charge in [-0.3, -0.25) is 4.79 Å². The molecular weight excluding hydrogens is 208 g/mol. The molecule has 0 unspecified atom stereocenters. The highest BCUT2D eigenvalue weighted by Gasteiger charge is 2.13. The standard InChI is InChI=1S/C12H12O4/c1-15-12(14)7-10(13)8-2-3-11-9(6-8)4-5-16-11/h2-6,10,13H,7H2,1H3/t10-/m1/s1. The molecule has 1 atom stereocenters. The Morgan fingerprint density at radius 1 is 1.50 bits per heavy atom. The minimum absolute atomic E-state index is 0.0418. The fourth-order valence-corrected chi connectivity index (χ4v) is 1.55. The predicted octanol–water partition coefficient (Wildman–Crippen LogP) is 2.03. The zero-order valence-corrected chi connectivity index (χ0v) is 8.84. The number of esters is 1. The Balaban J connectivity index is 2.22. The van der Waals surface area contributed by atoms with Gasteiger partial charge in [0, 0.05) is 5.39 Å². The van der Waals surface area contributed by atoms with Crippen molar-refractivity contribution in [2.75, 3.05) is 7.11 Å². The van der Waals surface area contributed by atoms with Crippen LogP contribution in [0.2, 0.25) is 0 Å². The smallest absolute Gasteiger partial charge is 0.308 e. The van der Waals surface area contributed by atoms with Crippen molar-refractivity contribution in [3.63, 3.8) is 0 Å². The van der Waals surface area contributed by atoms with Crippen LogP contribution in [0.25, 0.3) is 11.0 Å². The Hall–Kier alpha value is -1.81. The Bertz CT molecular complexity index is 500. The molecule has 1 aromatic heterocycles. The maximum Gasteiger partial charge on any atom is 0.308 e.